The van der Waals surface area contributed by atoms with Crippen molar-refractivity contribution < 1.29 is 9.90 Å². The Bertz CT molecular complexity index is 465. The number of pyridine rings is 1. The van der Waals surface area contributed by atoms with Gasteiger partial charge in [0.05, 0.1) is 0 Å². The molecule has 1 aromatic rings. The van der Waals surface area contributed by atoms with Crippen LogP contribution < -0.4 is 5.32 Å². The van der Waals surface area contributed by atoms with Crippen molar-refractivity contribution in [3.05, 3.63) is 23.4 Å². The summed E-state index contributed by atoms with van der Waals surface area (Å²) in [6.45, 7) is 1.88. The normalized spacial score (nSPS) is 23.1. The summed E-state index contributed by atoms with van der Waals surface area (Å²) in [6, 6.07) is 3.70. The van der Waals surface area contributed by atoms with Gasteiger partial charge in [0.1, 0.15) is 11.4 Å². The number of carboxylic acid groups (broad SMARTS) is 1. The van der Waals surface area contributed by atoms with E-state index in [0.717, 1.165) is 18.5 Å². The first-order valence-electron chi connectivity index (χ1n) is 6.60. The van der Waals surface area contributed by atoms with Crippen molar-refractivity contribution in [2.24, 2.45) is 0 Å². The van der Waals surface area contributed by atoms with E-state index >= 15 is 0 Å². The molecular weight excluding hydrogens is 260 g/mol. The molecule has 2 atom stereocenters. The van der Waals surface area contributed by atoms with Gasteiger partial charge in [0, 0.05) is 17.0 Å². The number of thioether (sulfide) groups is 1. The minimum atomic E-state index is -0.924. The zero-order chi connectivity index (χ0) is 13.8. The summed E-state index contributed by atoms with van der Waals surface area (Å²) in [4.78, 5) is 15.6. The van der Waals surface area contributed by atoms with E-state index in [1.54, 1.807) is 12.1 Å². The predicted molar refractivity (Wildman–Crippen MR) is 79.1 cm³/mol. The fourth-order valence-electron chi connectivity index (χ4n) is 2.52. The van der Waals surface area contributed by atoms with Crippen LogP contribution in [0.4, 0.5) is 5.82 Å². The maximum absolute atomic E-state index is 11.2. The van der Waals surface area contributed by atoms with Crippen LogP contribution in [0, 0.1) is 6.92 Å². The average molecular weight is 280 g/mol. The number of aromatic nitrogens is 1. The van der Waals surface area contributed by atoms with Gasteiger partial charge in [-0.05, 0) is 44.6 Å². The third-order valence-corrected chi connectivity index (χ3v) is 4.66. The van der Waals surface area contributed by atoms with Gasteiger partial charge in [-0.3, -0.25) is 0 Å². The van der Waals surface area contributed by atoms with E-state index in [2.05, 4.69) is 16.6 Å². The van der Waals surface area contributed by atoms with Crippen LogP contribution in [0.3, 0.4) is 0 Å². The van der Waals surface area contributed by atoms with Crippen molar-refractivity contribution >= 4 is 23.5 Å². The summed E-state index contributed by atoms with van der Waals surface area (Å²) < 4.78 is 0. The van der Waals surface area contributed by atoms with Gasteiger partial charge in [-0.25, -0.2) is 9.78 Å². The molecule has 1 aliphatic rings. The van der Waals surface area contributed by atoms with Crippen LogP contribution in [0.1, 0.15) is 41.7 Å². The van der Waals surface area contributed by atoms with Gasteiger partial charge in [0.25, 0.3) is 0 Å². The van der Waals surface area contributed by atoms with E-state index in [1.807, 2.05) is 18.7 Å². The number of anilines is 1. The quantitative estimate of drug-likeness (QED) is 0.887. The number of hydrogen-bond donors (Lipinski definition) is 2. The van der Waals surface area contributed by atoms with Crippen LogP contribution in [0.2, 0.25) is 0 Å². The molecule has 0 bridgehead atoms. The molecule has 0 amide bonds. The van der Waals surface area contributed by atoms with Crippen molar-refractivity contribution in [3.63, 3.8) is 0 Å². The first kappa shape index (κ1) is 14.2. The highest BCUT2D eigenvalue weighted by molar-refractivity contribution is 7.99. The number of nitrogens with zero attached hydrogens (tertiary/aromatic N) is 1. The SMILES string of the molecule is CSC1CCCC(Nc2nc(C)ccc2C(=O)O)C1. The minimum absolute atomic E-state index is 0.261. The van der Waals surface area contributed by atoms with Crippen LogP contribution >= 0.6 is 11.8 Å². The second-order valence-corrected chi connectivity index (χ2v) is 6.16. The number of aromatic carboxylic acids is 1. The Balaban J connectivity index is 2.13. The fourth-order valence-corrected chi connectivity index (χ4v) is 3.35. The molecule has 1 fully saturated rings. The second kappa shape index (κ2) is 6.28. The molecule has 0 aliphatic heterocycles. The van der Waals surface area contributed by atoms with Gasteiger partial charge in [-0.2, -0.15) is 11.8 Å². The van der Waals surface area contributed by atoms with E-state index in [-0.39, 0.29) is 5.56 Å². The number of carboxylic acids is 1. The summed E-state index contributed by atoms with van der Waals surface area (Å²) in [5.74, 6) is -0.411. The van der Waals surface area contributed by atoms with Gasteiger partial charge in [-0.1, -0.05) is 6.42 Å². The number of rotatable bonds is 4. The second-order valence-electron chi connectivity index (χ2n) is 5.02. The summed E-state index contributed by atoms with van der Waals surface area (Å²) in [6.07, 6.45) is 6.76. The molecule has 0 radical (unpaired) electrons. The predicted octanol–water partition coefficient (Wildman–Crippen LogP) is 3.17. The molecule has 5 heteroatoms. The molecule has 2 rings (SSSR count). The number of carbonyl (C=O) groups is 1. The van der Waals surface area contributed by atoms with E-state index in [0.29, 0.717) is 17.1 Å². The lowest BCUT2D eigenvalue weighted by atomic mass is 9.95. The first-order chi connectivity index (χ1) is 9.10. The Morgan fingerprint density at radius 2 is 2.26 bits per heavy atom. The Morgan fingerprint density at radius 3 is 2.95 bits per heavy atom. The van der Waals surface area contributed by atoms with Gasteiger partial charge in [0.15, 0.2) is 0 Å². The van der Waals surface area contributed by atoms with E-state index in [9.17, 15) is 9.90 Å². The molecule has 0 aromatic carbocycles. The Morgan fingerprint density at radius 1 is 1.47 bits per heavy atom. The van der Waals surface area contributed by atoms with E-state index in [4.69, 9.17) is 0 Å². The Labute approximate surface area is 118 Å². The molecule has 1 saturated carbocycles. The maximum atomic E-state index is 11.2. The highest BCUT2D eigenvalue weighted by Crippen LogP contribution is 2.29. The zero-order valence-electron chi connectivity index (χ0n) is 11.3. The highest BCUT2D eigenvalue weighted by atomic mass is 32.2. The van der Waals surface area contributed by atoms with Crippen LogP contribution in [-0.2, 0) is 0 Å². The van der Waals surface area contributed by atoms with Crippen molar-refractivity contribution in [2.75, 3.05) is 11.6 Å². The maximum Gasteiger partial charge on any atom is 0.339 e. The molecular formula is C14H20N2O2S. The standard InChI is InChI=1S/C14H20N2O2S/c1-9-6-7-12(14(17)18)13(15-9)16-10-4-3-5-11(8-10)19-2/h6-7,10-11H,3-5,8H2,1-2H3,(H,15,16)(H,17,18). The van der Waals surface area contributed by atoms with Crippen LogP contribution in [0.15, 0.2) is 12.1 Å². The zero-order valence-corrected chi connectivity index (χ0v) is 12.2. The van der Waals surface area contributed by atoms with Crippen LogP contribution in [0.25, 0.3) is 0 Å². The Hall–Kier alpha value is -1.23. The number of nitrogens with one attached hydrogen (secondary N) is 1. The van der Waals surface area contributed by atoms with Gasteiger partial charge in [0.2, 0.25) is 0 Å². The molecule has 1 aromatic heterocycles. The lowest BCUT2D eigenvalue weighted by Crippen LogP contribution is -2.29. The van der Waals surface area contributed by atoms with E-state index < -0.39 is 5.97 Å². The topological polar surface area (TPSA) is 62.2 Å². The van der Waals surface area contributed by atoms with Gasteiger partial charge >= 0.3 is 5.97 Å². The van der Waals surface area contributed by atoms with Crippen molar-refractivity contribution in [2.45, 2.75) is 43.9 Å². The largest absolute Gasteiger partial charge is 0.478 e. The molecule has 2 N–H and O–H groups in total. The smallest absolute Gasteiger partial charge is 0.339 e. The van der Waals surface area contributed by atoms with Gasteiger partial charge < -0.3 is 10.4 Å². The summed E-state index contributed by atoms with van der Waals surface area (Å²) in [5, 5.41) is 13.2. The molecule has 104 valence electrons. The third-order valence-electron chi connectivity index (χ3n) is 3.57. The molecule has 0 spiro atoms. The minimum Gasteiger partial charge on any atom is -0.478 e. The van der Waals surface area contributed by atoms with Gasteiger partial charge in [-0.15, -0.1) is 0 Å². The molecule has 4 nitrogen and oxygen atoms in total. The van der Waals surface area contributed by atoms with Crippen molar-refractivity contribution in [1.29, 1.82) is 0 Å². The molecule has 1 heterocycles. The van der Waals surface area contributed by atoms with Crippen LogP contribution in [-0.4, -0.2) is 33.6 Å². The molecule has 19 heavy (non-hydrogen) atoms. The molecule has 1 aliphatic carbocycles. The fraction of sp³-hybridized carbons (Fsp3) is 0.571. The summed E-state index contributed by atoms with van der Waals surface area (Å²) in [7, 11) is 0. The average Bonchev–Trinajstić information content (AvgIpc) is 2.38. The van der Waals surface area contributed by atoms with Crippen LogP contribution in [0.5, 0.6) is 0 Å². The molecule has 0 saturated heterocycles. The monoisotopic (exact) mass is 280 g/mol. The third kappa shape index (κ3) is 3.62. The van der Waals surface area contributed by atoms with Crippen molar-refractivity contribution in [3.8, 4) is 0 Å². The number of aryl methyl sites for hydroxylation is 1. The molecule has 2 unspecified atom stereocenters. The Kier molecular flexibility index (Phi) is 4.69. The first-order valence-corrected chi connectivity index (χ1v) is 7.89. The number of hydrogen-bond acceptors (Lipinski definition) is 4. The van der Waals surface area contributed by atoms with Crippen molar-refractivity contribution in [1.82, 2.24) is 4.98 Å². The lowest BCUT2D eigenvalue weighted by Gasteiger charge is -2.29. The lowest BCUT2D eigenvalue weighted by molar-refractivity contribution is 0.0697. The highest BCUT2D eigenvalue weighted by Gasteiger charge is 2.23. The summed E-state index contributed by atoms with van der Waals surface area (Å²) in [5.41, 5.74) is 1.10. The summed E-state index contributed by atoms with van der Waals surface area (Å²) >= 11 is 1.90. The van der Waals surface area contributed by atoms with E-state index in [1.165, 1.54) is 12.8 Å².